The van der Waals surface area contributed by atoms with Crippen molar-refractivity contribution >= 4 is 28.1 Å². The number of benzene rings is 1. The Hall–Kier alpha value is -3.07. The zero-order valence-corrected chi connectivity index (χ0v) is 13.6. The highest BCUT2D eigenvalue weighted by molar-refractivity contribution is 5.93. The molecular formula is C17H18N6. The van der Waals surface area contributed by atoms with Crippen LogP contribution in [-0.4, -0.2) is 28.6 Å². The van der Waals surface area contributed by atoms with Crippen molar-refractivity contribution in [3.8, 4) is 6.07 Å². The summed E-state index contributed by atoms with van der Waals surface area (Å²) in [4.78, 5) is 10.7. The number of imidazole rings is 1. The molecule has 23 heavy (non-hydrogen) atoms. The van der Waals surface area contributed by atoms with E-state index in [1.807, 2.05) is 39.0 Å². The molecule has 0 saturated carbocycles. The van der Waals surface area contributed by atoms with Gasteiger partial charge < -0.3 is 14.8 Å². The van der Waals surface area contributed by atoms with Crippen molar-refractivity contribution in [2.75, 3.05) is 24.3 Å². The third-order valence-corrected chi connectivity index (χ3v) is 4.03. The Bertz CT molecular complexity index is 919. The Kier molecular flexibility index (Phi) is 3.62. The lowest BCUT2D eigenvalue weighted by Gasteiger charge is -2.22. The lowest BCUT2D eigenvalue weighted by Crippen LogP contribution is -2.12. The van der Waals surface area contributed by atoms with Crippen LogP contribution in [0.15, 0.2) is 30.7 Å². The Morgan fingerprint density at radius 2 is 2.04 bits per heavy atom. The lowest BCUT2D eigenvalue weighted by atomic mass is 10.1. The van der Waals surface area contributed by atoms with E-state index in [2.05, 4.69) is 38.4 Å². The first kappa shape index (κ1) is 14.9. The first-order chi connectivity index (χ1) is 11.0. The number of nitrogens with one attached hydrogen (secondary N) is 1. The van der Waals surface area contributed by atoms with Crippen LogP contribution in [0.25, 0.3) is 11.0 Å². The molecule has 0 spiro atoms. The van der Waals surface area contributed by atoms with Crippen LogP contribution in [-0.2, 0) is 7.05 Å². The standard InChI is InChI=1S/C17H18N6/c1-11-5-12(8-18)20-9-16(11)23(4)13-6-14(19-2)17-15(7-13)22(3)10-21-17/h5-7,9-10,19H,1-4H3. The summed E-state index contributed by atoms with van der Waals surface area (Å²) >= 11 is 0. The predicted octanol–water partition coefficient (Wildman–Crippen LogP) is 2.96. The average molecular weight is 306 g/mol. The number of hydrogen-bond acceptors (Lipinski definition) is 5. The van der Waals surface area contributed by atoms with Crippen LogP contribution in [0.3, 0.4) is 0 Å². The number of hydrogen-bond donors (Lipinski definition) is 1. The maximum atomic E-state index is 8.96. The Morgan fingerprint density at radius 3 is 2.70 bits per heavy atom. The molecule has 3 aromatic rings. The molecule has 2 heterocycles. The van der Waals surface area contributed by atoms with Gasteiger partial charge in [0.1, 0.15) is 17.3 Å². The van der Waals surface area contributed by atoms with Gasteiger partial charge in [-0.3, -0.25) is 0 Å². The molecule has 0 aliphatic carbocycles. The van der Waals surface area contributed by atoms with Crippen molar-refractivity contribution in [3.05, 3.63) is 42.0 Å². The van der Waals surface area contributed by atoms with Crippen molar-refractivity contribution in [2.45, 2.75) is 6.92 Å². The number of rotatable bonds is 3. The first-order valence-electron chi connectivity index (χ1n) is 7.28. The van der Waals surface area contributed by atoms with Crippen molar-refractivity contribution in [1.82, 2.24) is 14.5 Å². The summed E-state index contributed by atoms with van der Waals surface area (Å²) in [6, 6.07) is 8.03. The number of nitrogens with zero attached hydrogens (tertiary/aromatic N) is 5. The summed E-state index contributed by atoms with van der Waals surface area (Å²) in [6.07, 6.45) is 3.55. The number of aryl methyl sites for hydroxylation is 2. The molecule has 6 heteroatoms. The highest BCUT2D eigenvalue weighted by Gasteiger charge is 2.13. The van der Waals surface area contributed by atoms with Crippen LogP contribution in [0.4, 0.5) is 17.1 Å². The topological polar surface area (TPSA) is 69.8 Å². The fourth-order valence-electron chi connectivity index (χ4n) is 2.70. The van der Waals surface area contributed by atoms with Gasteiger partial charge in [0, 0.05) is 26.8 Å². The summed E-state index contributed by atoms with van der Waals surface area (Å²) < 4.78 is 2.00. The SMILES string of the molecule is CNc1cc(N(C)c2cnc(C#N)cc2C)cc2c1ncn2C. The average Bonchev–Trinajstić information content (AvgIpc) is 2.94. The van der Waals surface area contributed by atoms with Gasteiger partial charge in [0.2, 0.25) is 0 Å². The van der Waals surface area contributed by atoms with Crippen LogP contribution in [0.2, 0.25) is 0 Å². The second-order valence-corrected chi connectivity index (χ2v) is 5.49. The largest absolute Gasteiger partial charge is 0.386 e. The van der Waals surface area contributed by atoms with Crippen molar-refractivity contribution in [1.29, 1.82) is 5.26 Å². The number of anilines is 3. The zero-order chi connectivity index (χ0) is 16.6. The lowest BCUT2D eigenvalue weighted by molar-refractivity contribution is 0.947. The summed E-state index contributed by atoms with van der Waals surface area (Å²) in [5.41, 5.74) is 6.41. The van der Waals surface area contributed by atoms with Gasteiger partial charge in [-0.05, 0) is 30.7 Å². The number of aromatic nitrogens is 3. The van der Waals surface area contributed by atoms with E-state index in [0.717, 1.165) is 33.7 Å². The molecule has 0 saturated heterocycles. The Labute approximate surface area is 135 Å². The van der Waals surface area contributed by atoms with Gasteiger partial charge in [-0.25, -0.2) is 9.97 Å². The summed E-state index contributed by atoms with van der Waals surface area (Å²) in [5, 5.41) is 12.2. The smallest absolute Gasteiger partial charge is 0.140 e. The minimum atomic E-state index is 0.428. The maximum Gasteiger partial charge on any atom is 0.140 e. The molecule has 0 amide bonds. The van der Waals surface area contributed by atoms with Crippen LogP contribution in [0.1, 0.15) is 11.3 Å². The maximum absolute atomic E-state index is 8.96. The van der Waals surface area contributed by atoms with Gasteiger partial charge in [-0.2, -0.15) is 5.26 Å². The fourth-order valence-corrected chi connectivity index (χ4v) is 2.70. The quantitative estimate of drug-likeness (QED) is 0.805. The van der Waals surface area contributed by atoms with Gasteiger partial charge in [0.25, 0.3) is 0 Å². The molecule has 2 aromatic heterocycles. The number of pyridine rings is 1. The van der Waals surface area contributed by atoms with E-state index in [4.69, 9.17) is 5.26 Å². The van der Waals surface area contributed by atoms with Crippen molar-refractivity contribution in [3.63, 3.8) is 0 Å². The summed E-state index contributed by atoms with van der Waals surface area (Å²) in [6.45, 7) is 1.98. The van der Waals surface area contributed by atoms with Crippen LogP contribution in [0.5, 0.6) is 0 Å². The van der Waals surface area contributed by atoms with E-state index in [-0.39, 0.29) is 0 Å². The first-order valence-corrected chi connectivity index (χ1v) is 7.28. The summed E-state index contributed by atoms with van der Waals surface area (Å²) in [7, 11) is 5.86. The molecule has 1 aromatic carbocycles. The second-order valence-electron chi connectivity index (χ2n) is 5.49. The molecule has 0 unspecified atom stereocenters. The molecule has 0 bridgehead atoms. The van der Waals surface area contributed by atoms with E-state index in [1.54, 1.807) is 12.3 Å². The van der Waals surface area contributed by atoms with Gasteiger partial charge >= 0.3 is 0 Å². The molecule has 0 aliphatic rings. The van der Waals surface area contributed by atoms with Crippen molar-refractivity contribution < 1.29 is 0 Å². The molecular weight excluding hydrogens is 288 g/mol. The van der Waals surface area contributed by atoms with E-state index < -0.39 is 0 Å². The van der Waals surface area contributed by atoms with Crippen LogP contribution < -0.4 is 10.2 Å². The van der Waals surface area contributed by atoms with E-state index in [9.17, 15) is 0 Å². The van der Waals surface area contributed by atoms with Gasteiger partial charge in [0.15, 0.2) is 0 Å². The molecule has 0 atom stereocenters. The Balaban J connectivity index is 2.12. The molecule has 116 valence electrons. The van der Waals surface area contributed by atoms with Gasteiger partial charge in [0.05, 0.1) is 29.4 Å². The normalized spacial score (nSPS) is 10.6. The molecule has 0 radical (unpaired) electrons. The van der Waals surface area contributed by atoms with E-state index in [1.165, 1.54) is 0 Å². The molecule has 0 fully saturated rings. The third kappa shape index (κ3) is 2.46. The van der Waals surface area contributed by atoms with Crippen molar-refractivity contribution in [2.24, 2.45) is 7.05 Å². The fraction of sp³-hybridized carbons (Fsp3) is 0.235. The molecule has 6 nitrogen and oxygen atoms in total. The highest BCUT2D eigenvalue weighted by atomic mass is 15.1. The van der Waals surface area contributed by atoms with Gasteiger partial charge in [-0.15, -0.1) is 0 Å². The minimum Gasteiger partial charge on any atom is -0.386 e. The third-order valence-electron chi connectivity index (χ3n) is 4.03. The predicted molar refractivity (Wildman–Crippen MR) is 92.0 cm³/mol. The molecule has 0 aliphatic heterocycles. The zero-order valence-electron chi connectivity index (χ0n) is 13.6. The second kappa shape index (κ2) is 5.61. The van der Waals surface area contributed by atoms with E-state index >= 15 is 0 Å². The highest BCUT2D eigenvalue weighted by Crippen LogP contribution is 2.32. The number of nitriles is 1. The van der Waals surface area contributed by atoms with Crippen LogP contribution in [0, 0.1) is 18.3 Å². The van der Waals surface area contributed by atoms with Gasteiger partial charge in [-0.1, -0.05) is 0 Å². The van der Waals surface area contributed by atoms with E-state index in [0.29, 0.717) is 5.69 Å². The molecule has 3 rings (SSSR count). The summed E-state index contributed by atoms with van der Waals surface area (Å²) in [5.74, 6) is 0. The number of fused-ring (bicyclic) bond motifs is 1. The van der Waals surface area contributed by atoms with Crippen LogP contribution >= 0.6 is 0 Å². The monoisotopic (exact) mass is 306 g/mol. The minimum absolute atomic E-state index is 0.428. The molecule has 1 N–H and O–H groups in total. The Morgan fingerprint density at radius 1 is 1.26 bits per heavy atom.